The Kier molecular flexibility index (Phi) is 3.31. The van der Waals surface area contributed by atoms with Crippen LogP contribution in [0.15, 0.2) is 24.3 Å². The second-order valence-electron chi connectivity index (χ2n) is 6.37. The summed E-state index contributed by atoms with van der Waals surface area (Å²) in [6.07, 6.45) is 5.25. The van der Waals surface area contributed by atoms with Gasteiger partial charge in [0, 0.05) is 5.54 Å². The molecule has 1 aromatic carbocycles. The minimum Gasteiger partial charge on any atom is -0.310 e. The Balaban J connectivity index is 2.28. The zero-order valence-electron chi connectivity index (χ0n) is 11.6. The third kappa shape index (κ3) is 2.40. The lowest BCUT2D eigenvalue weighted by Gasteiger charge is -2.30. The molecule has 0 heterocycles. The molecule has 1 saturated carbocycles. The Bertz CT molecular complexity index is 364. The second-order valence-corrected chi connectivity index (χ2v) is 6.37. The molecule has 94 valence electrons. The van der Waals surface area contributed by atoms with Crippen LogP contribution in [-0.2, 0) is 11.0 Å². The summed E-state index contributed by atoms with van der Waals surface area (Å²) in [5.74, 6) is 0. The van der Waals surface area contributed by atoms with Crippen LogP contribution in [0.25, 0.3) is 0 Å². The quantitative estimate of drug-likeness (QED) is 0.812. The molecule has 0 bridgehead atoms. The highest BCUT2D eigenvalue weighted by Gasteiger charge is 2.33. The van der Waals surface area contributed by atoms with Gasteiger partial charge in [0.1, 0.15) is 0 Å². The third-order valence-corrected chi connectivity index (χ3v) is 4.24. The summed E-state index contributed by atoms with van der Waals surface area (Å²) >= 11 is 0. The van der Waals surface area contributed by atoms with Gasteiger partial charge in [0.25, 0.3) is 0 Å². The van der Waals surface area contributed by atoms with E-state index in [2.05, 4.69) is 57.4 Å². The van der Waals surface area contributed by atoms with Gasteiger partial charge in [-0.1, -0.05) is 57.9 Å². The van der Waals surface area contributed by atoms with Gasteiger partial charge < -0.3 is 5.32 Å². The molecule has 1 fully saturated rings. The first-order valence-electron chi connectivity index (χ1n) is 6.78. The Labute approximate surface area is 106 Å². The normalized spacial score (nSPS) is 19.5. The molecule has 1 aliphatic rings. The van der Waals surface area contributed by atoms with Crippen LogP contribution >= 0.6 is 0 Å². The van der Waals surface area contributed by atoms with Crippen molar-refractivity contribution in [1.29, 1.82) is 0 Å². The standard InChI is InChI=1S/C16H25N/c1-15(2,3)13-7-9-14(10-8-13)16(17-4)11-5-6-12-16/h7-10,17H,5-6,11-12H2,1-4H3. The van der Waals surface area contributed by atoms with Crippen molar-refractivity contribution < 1.29 is 0 Å². The lowest BCUT2D eigenvalue weighted by molar-refractivity contribution is 0.372. The molecule has 17 heavy (non-hydrogen) atoms. The number of hydrogen-bond acceptors (Lipinski definition) is 1. The Hall–Kier alpha value is -0.820. The monoisotopic (exact) mass is 231 g/mol. The zero-order valence-corrected chi connectivity index (χ0v) is 11.6. The first-order chi connectivity index (χ1) is 7.98. The van der Waals surface area contributed by atoms with Crippen molar-refractivity contribution in [2.45, 2.75) is 57.4 Å². The first kappa shape index (κ1) is 12.6. The van der Waals surface area contributed by atoms with E-state index in [1.807, 2.05) is 0 Å². The number of nitrogens with one attached hydrogen (secondary N) is 1. The van der Waals surface area contributed by atoms with Crippen molar-refractivity contribution in [2.24, 2.45) is 0 Å². The van der Waals surface area contributed by atoms with E-state index in [9.17, 15) is 0 Å². The highest BCUT2D eigenvalue weighted by molar-refractivity contribution is 5.32. The minimum atomic E-state index is 0.246. The first-order valence-corrected chi connectivity index (χ1v) is 6.78. The Morgan fingerprint density at radius 3 is 1.94 bits per heavy atom. The van der Waals surface area contributed by atoms with Gasteiger partial charge in [-0.2, -0.15) is 0 Å². The molecule has 1 aromatic rings. The van der Waals surface area contributed by atoms with Crippen molar-refractivity contribution in [3.63, 3.8) is 0 Å². The van der Waals surface area contributed by atoms with Crippen LogP contribution in [0.1, 0.15) is 57.6 Å². The van der Waals surface area contributed by atoms with Crippen LogP contribution < -0.4 is 5.32 Å². The topological polar surface area (TPSA) is 12.0 Å². The lowest BCUT2D eigenvalue weighted by atomic mass is 9.83. The lowest BCUT2D eigenvalue weighted by Crippen LogP contribution is -2.36. The molecule has 0 aromatic heterocycles. The van der Waals surface area contributed by atoms with Crippen LogP contribution in [0.5, 0.6) is 0 Å². The molecular formula is C16H25N. The van der Waals surface area contributed by atoms with Gasteiger partial charge in [0.05, 0.1) is 0 Å². The van der Waals surface area contributed by atoms with E-state index in [1.54, 1.807) is 0 Å². The van der Waals surface area contributed by atoms with Crippen LogP contribution in [0.2, 0.25) is 0 Å². The van der Waals surface area contributed by atoms with E-state index in [-0.39, 0.29) is 11.0 Å². The van der Waals surface area contributed by atoms with Crippen LogP contribution in [0.4, 0.5) is 0 Å². The van der Waals surface area contributed by atoms with Gasteiger partial charge >= 0.3 is 0 Å². The average Bonchev–Trinajstić information content (AvgIpc) is 2.78. The van der Waals surface area contributed by atoms with E-state index < -0.39 is 0 Å². The smallest absolute Gasteiger partial charge is 0.0432 e. The van der Waals surface area contributed by atoms with Crippen LogP contribution in [0.3, 0.4) is 0 Å². The summed E-state index contributed by atoms with van der Waals surface area (Å²) in [4.78, 5) is 0. The van der Waals surface area contributed by atoms with Gasteiger partial charge in [0.15, 0.2) is 0 Å². The molecule has 0 radical (unpaired) electrons. The molecule has 0 unspecified atom stereocenters. The maximum atomic E-state index is 3.55. The molecule has 1 nitrogen and oxygen atoms in total. The van der Waals surface area contributed by atoms with Gasteiger partial charge in [-0.3, -0.25) is 0 Å². The summed E-state index contributed by atoms with van der Waals surface area (Å²) in [7, 11) is 2.10. The maximum absolute atomic E-state index is 3.55. The summed E-state index contributed by atoms with van der Waals surface area (Å²) in [6.45, 7) is 6.81. The van der Waals surface area contributed by atoms with Gasteiger partial charge in [-0.05, 0) is 36.4 Å². The average molecular weight is 231 g/mol. The minimum absolute atomic E-state index is 0.246. The van der Waals surface area contributed by atoms with E-state index in [0.29, 0.717) is 0 Å². The van der Waals surface area contributed by atoms with Gasteiger partial charge in [0.2, 0.25) is 0 Å². The number of benzene rings is 1. The van der Waals surface area contributed by atoms with E-state index >= 15 is 0 Å². The molecule has 2 rings (SSSR count). The summed E-state index contributed by atoms with van der Waals surface area (Å²) in [5, 5.41) is 3.55. The summed E-state index contributed by atoms with van der Waals surface area (Å²) in [5.41, 5.74) is 3.38. The molecule has 1 aliphatic carbocycles. The Morgan fingerprint density at radius 2 is 1.53 bits per heavy atom. The number of hydrogen-bond donors (Lipinski definition) is 1. The van der Waals surface area contributed by atoms with Crippen molar-refractivity contribution in [3.8, 4) is 0 Å². The molecule has 1 N–H and O–H groups in total. The highest BCUT2D eigenvalue weighted by atomic mass is 14.9. The molecule has 0 atom stereocenters. The van der Waals surface area contributed by atoms with E-state index in [4.69, 9.17) is 0 Å². The fraction of sp³-hybridized carbons (Fsp3) is 0.625. The SMILES string of the molecule is CNC1(c2ccc(C(C)(C)C)cc2)CCCC1. The second kappa shape index (κ2) is 4.45. The van der Waals surface area contributed by atoms with Crippen molar-refractivity contribution in [3.05, 3.63) is 35.4 Å². The molecular weight excluding hydrogens is 206 g/mol. The van der Waals surface area contributed by atoms with E-state index in [0.717, 1.165) is 0 Å². The predicted molar refractivity (Wildman–Crippen MR) is 74.3 cm³/mol. The maximum Gasteiger partial charge on any atom is 0.0432 e. The van der Waals surface area contributed by atoms with E-state index in [1.165, 1.54) is 36.8 Å². The van der Waals surface area contributed by atoms with Crippen LogP contribution in [-0.4, -0.2) is 7.05 Å². The predicted octanol–water partition coefficient (Wildman–Crippen LogP) is 3.97. The third-order valence-electron chi connectivity index (χ3n) is 4.24. The van der Waals surface area contributed by atoms with Crippen molar-refractivity contribution in [2.75, 3.05) is 7.05 Å². The molecule has 1 heteroatoms. The van der Waals surface area contributed by atoms with Gasteiger partial charge in [-0.25, -0.2) is 0 Å². The largest absolute Gasteiger partial charge is 0.310 e. The molecule has 0 amide bonds. The zero-order chi connectivity index (χ0) is 12.5. The van der Waals surface area contributed by atoms with Crippen molar-refractivity contribution in [1.82, 2.24) is 5.32 Å². The highest BCUT2D eigenvalue weighted by Crippen LogP contribution is 2.38. The fourth-order valence-corrected chi connectivity index (χ4v) is 2.95. The molecule has 0 saturated heterocycles. The van der Waals surface area contributed by atoms with Crippen LogP contribution in [0, 0.1) is 0 Å². The summed E-state index contributed by atoms with van der Waals surface area (Å²) < 4.78 is 0. The molecule has 0 aliphatic heterocycles. The summed E-state index contributed by atoms with van der Waals surface area (Å²) in [6, 6.07) is 9.24. The molecule has 0 spiro atoms. The fourth-order valence-electron chi connectivity index (χ4n) is 2.95. The van der Waals surface area contributed by atoms with Gasteiger partial charge in [-0.15, -0.1) is 0 Å². The van der Waals surface area contributed by atoms with Crippen molar-refractivity contribution >= 4 is 0 Å². The Morgan fingerprint density at radius 1 is 1.00 bits per heavy atom. The number of rotatable bonds is 2.